The minimum Gasteiger partial charge on any atom is -0.388 e. The Bertz CT molecular complexity index is 409. The van der Waals surface area contributed by atoms with Crippen LogP contribution in [0, 0.1) is 5.92 Å². The highest BCUT2D eigenvalue weighted by Crippen LogP contribution is 2.36. The molecule has 2 N–H and O–H groups in total. The zero-order chi connectivity index (χ0) is 12.4. The lowest BCUT2D eigenvalue weighted by molar-refractivity contribution is 0.205. The van der Waals surface area contributed by atoms with E-state index in [1.54, 1.807) is 0 Å². The highest BCUT2D eigenvalue weighted by molar-refractivity contribution is 7.80. The topological polar surface area (TPSA) is 56.7 Å². The van der Waals surface area contributed by atoms with E-state index >= 15 is 0 Å². The van der Waals surface area contributed by atoms with Crippen LogP contribution < -0.4 is 5.73 Å². The zero-order valence-electron chi connectivity index (χ0n) is 10.5. The third-order valence-corrected chi connectivity index (χ3v) is 3.92. The van der Waals surface area contributed by atoms with Crippen LogP contribution in [0.2, 0.25) is 0 Å². The van der Waals surface area contributed by atoms with Crippen LogP contribution in [0.5, 0.6) is 0 Å². The molecule has 17 heavy (non-hydrogen) atoms. The molecule has 1 aliphatic carbocycles. The Morgan fingerprint density at radius 3 is 2.76 bits per heavy atom. The Morgan fingerprint density at radius 1 is 1.59 bits per heavy atom. The van der Waals surface area contributed by atoms with Gasteiger partial charge >= 0.3 is 0 Å². The minimum absolute atomic E-state index is 0.362. The zero-order valence-corrected chi connectivity index (χ0v) is 11.3. The molecule has 1 saturated carbocycles. The van der Waals surface area contributed by atoms with Gasteiger partial charge in [-0.25, -0.2) is 4.68 Å². The van der Waals surface area contributed by atoms with E-state index in [-0.39, 0.29) is 0 Å². The molecular weight excluding hydrogens is 232 g/mol. The van der Waals surface area contributed by atoms with Gasteiger partial charge in [-0.3, -0.25) is 0 Å². The molecule has 1 heterocycles. The maximum absolute atomic E-state index is 5.70. The Kier molecular flexibility index (Phi) is 3.76. The van der Waals surface area contributed by atoms with Crippen molar-refractivity contribution in [2.75, 3.05) is 0 Å². The first-order chi connectivity index (χ1) is 8.15. The molecule has 5 heteroatoms. The summed E-state index contributed by atoms with van der Waals surface area (Å²) in [6, 6.07) is 0.417. The summed E-state index contributed by atoms with van der Waals surface area (Å²) in [7, 11) is 0. The average molecular weight is 252 g/mol. The third kappa shape index (κ3) is 2.34. The molecule has 0 radical (unpaired) electrons. The molecule has 0 aliphatic heterocycles. The van der Waals surface area contributed by atoms with Gasteiger partial charge in [0.1, 0.15) is 10.7 Å². The lowest BCUT2D eigenvalue weighted by Gasteiger charge is -2.32. The van der Waals surface area contributed by atoms with Crippen molar-refractivity contribution >= 4 is 17.2 Å². The van der Waals surface area contributed by atoms with Crippen molar-refractivity contribution in [3.8, 4) is 0 Å². The minimum atomic E-state index is 0.362. The van der Waals surface area contributed by atoms with E-state index in [2.05, 4.69) is 24.2 Å². The van der Waals surface area contributed by atoms with Gasteiger partial charge in [-0.1, -0.05) is 37.2 Å². The lowest BCUT2D eigenvalue weighted by atomic mass is 9.80. The monoisotopic (exact) mass is 252 g/mol. The smallest absolute Gasteiger partial charge is 0.143 e. The van der Waals surface area contributed by atoms with E-state index in [0.29, 0.717) is 16.7 Å². The molecule has 4 nitrogen and oxygen atoms in total. The Balaban J connectivity index is 2.28. The summed E-state index contributed by atoms with van der Waals surface area (Å²) in [5.74, 6) is 0.742. The number of thiocarbonyl (C=S) groups is 1. The first kappa shape index (κ1) is 12.5. The van der Waals surface area contributed by atoms with E-state index in [9.17, 15) is 0 Å². The number of nitrogens with zero attached hydrogens (tertiary/aromatic N) is 3. The first-order valence-corrected chi connectivity index (χ1v) is 6.79. The van der Waals surface area contributed by atoms with Gasteiger partial charge in [-0.2, -0.15) is 0 Å². The van der Waals surface area contributed by atoms with E-state index in [1.807, 2.05) is 4.68 Å². The summed E-state index contributed by atoms with van der Waals surface area (Å²) in [4.78, 5) is 0.362. The molecule has 0 amide bonds. The largest absolute Gasteiger partial charge is 0.388 e. The second-order valence-corrected chi connectivity index (χ2v) is 5.31. The number of aromatic nitrogens is 3. The van der Waals surface area contributed by atoms with Gasteiger partial charge < -0.3 is 5.73 Å². The standard InChI is InChI=1S/C12H20N4S/c1-3-5-10-11(12(13)17)14-15-16(10)8(2)9-6-4-7-9/h8-9H,3-7H2,1-2H3,(H2,13,17). The molecule has 0 bridgehead atoms. The molecular formula is C12H20N4S. The molecule has 1 aromatic heterocycles. The van der Waals surface area contributed by atoms with Gasteiger partial charge in [0.25, 0.3) is 0 Å². The van der Waals surface area contributed by atoms with Crippen LogP contribution in [-0.2, 0) is 6.42 Å². The molecule has 0 aromatic carbocycles. The van der Waals surface area contributed by atoms with Gasteiger partial charge in [0.05, 0.1) is 11.7 Å². The summed E-state index contributed by atoms with van der Waals surface area (Å²) in [5.41, 5.74) is 7.52. The van der Waals surface area contributed by atoms with Crippen molar-refractivity contribution in [2.45, 2.75) is 52.0 Å². The molecule has 1 fully saturated rings. The van der Waals surface area contributed by atoms with Crippen molar-refractivity contribution in [3.05, 3.63) is 11.4 Å². The number of nitrogens with two attached hydrogens (primary N) is 1. The van der Waals surface area contributed by atoms with Crippen molar-refractivity contribution in [1.29, 1.82) is 0 Å². The van der Waals surface area contributed by atoms with Crippen LogP contribution in [0.4, 0.5) is 0 Å². The van der Waals surface area contributed by atoms with Crippen LogP contribution in [0.25, 0.3) is 0 Å². The van der Waals surface area contributed by atoms with Crippen molar-refractivity contribution in [2.24, 2.45) is 11.7 Å². The maximum Gasteiger partial charge on any atom is 0.143 e. The summed E-state index contributed by atoms with van der Waals surface area (Å²) < 4.78 is 2.04. The predicted molar refractivity (Wildman–Crippen MR) is 72.0 cm³/mol. The molecule has 1 aliphatic rings. The summed E-state index contributed by atoms with van der Waals surface area (Å²) in [6.07, 6.45) is 5.94. The Hall–Kier alpha value is -0.970. The predicted octanol–water partition coefficient (Wildman–Crippen LogP) is 2.23. The van der Waals surface area contributed by atoms with E-state index in [0.717, 1.165) is 24.5 Å². The number of hydrogen-bond acceptors (Lipinski definition) is 3. The van der Waals surface area contributed by atoms with Crippen LogP contribution in [-0.4, -0.2) is 20.0 Å². The maximum atomic E-state index is 5.70. The number of hydrogen-bond donors (Lipinski definition) is 1. The van der Waals surface area contributed by atoms with Gasteiger partial charge in [0.2, 0.25) is 0 Å². The van der Waals surface area contributed by atoms with E-state index < -0.39 is 0 Å². The lowest BCUT2D eigenvalue weighted by Crippen LogP contribution is -2.25. The molecule has 1 unspecified atom stereocenters. The van der Waals surface area contributed by atoms with Crippen LogP contribution in [0.15, 0.2) is 0 Å². The molecule has 0 spiro atoms. The Morgan fingerprint density at radius 2 is 2.29 bits per heavy atom. The van der Waals surface area contributed by atoms with Gasteiger partial charge in [-0.15, -0.1) is 5.10 Å². The molecule has 1 aromatic rings. The van der Waals surface area contributed by atoms with Crippen LogP contribution in [0.3, 0.4) is 0 Å². The highest BCUT2D eigenvalue weighted by Gasteiger charge is 2.28. The summed E-state index contributed by atoms with van der Waals surface area (Å²) >= 11 is 5.03. The van der Waals surface area contributed by atoms with E-state index in [1.165, 1.54) is 19.3 Å². The normalized spacial score (nSPS) is 17.8. The molecule has 2 rings (SSSR count). The van der Waals surface area contributed by atoms with E-state index in [4.69, 9.17) is 18.0 Å². The SMILES string of the molecule is CCCc1c(C(N)=S)nnn1C(C)C1CCC1. The average Bonchev–Trinajstić information content (AvgIpc) is 2.59. The highest BCUT2D eigenvalue weighted by atomic mass is 32.1. The molecule has 94 valence electrons. The Labute approximate surface area is 108 Å². The molecule has 0 saturated heterocycles. The molecule has 1 atom stereocenters. The van der Waals surface area contributed by atoms with Crippen molar-refractivity contribution < 1.29 is 0 Å². The quantitative estimate of drug-likeness (QED) is 0.816. The van der Waals surface area contributed by atoms with Crippen molar-refractivity contribution in [1.82, 2.24) is 15.0 Å². The van der Waals surface area contributed by atoms with Gasteiger partial charge in [0, 0.05) is 0 Å². The van der Waals surface area contributed by atoms with Crippen LogP contribution >= 0.6 is 12.2 Å². The first-order valence-electron chi connectivity index (χ1n) is 6.39. The fourth-order valence-electron chi connectivity index (χ4n) is 2.42. The van der Waals surface area contributed by atoms with Crippen molar-refractivity contribution in [3.63, 3.8) is 0 Å². The second-order valence-electron chi connectivity index (χ2n) is 4.88. The number of rotatable bonds is 5. The van der Waals surface area contributed by atoms with Gasteiger partial charge in [-0.05, 0) is 32.1 Å². The fourth-order valence-corrected chi connectivity index (χ4v) is 2.58. The fraction of sp³-hybridized carbons (Fsp3) is 0.750. The van der Waals surface area contributed by atoms with Gasteiger partial charge in [0.15, 0.2) is 0 Å². The second kappa shape index (κ2) is 5.12. The summed E-state index contributed by atoms with van der Waals surface area (Å²) in [5, 5.41) is 8.40. The van der Waals surface area contributed by atoms with Crippen LogP contribution in [0.1, 0.15) is 57.0 Å². The third-order valence-electron chi connectivity index (χ3n) is 3.73. The summed E-state index contributed by atoms with van der Waals surface area (Å²) in [6.45, 7) is 4.37.